The molecule has 0 fully saturated rings. The summed E-state index contributed by atoms with van der Waals surface area (Å²) in [5.41, 5.74) is 4.77. The van der Waals surface area contributed by atoms with E-state index in [4.69, 9.17) is 0 Å². The van der Waals surface area contributed by atoms with Crippen LogP contribution in [0.2, 0.25) is 0 Å². The van der Waals surface area contributed by atoms with Crippen molar-refractivity contribution >= 4 is 0 Å². The lowest BCUT2D eigenvalue weighted by atomic mass is 10.0. The first-order valence-corrected chi connectivity index (χ1v) is 7.66. The molecule has 21 heavy (non-hydrogen) atoms. The van der Waals surface area contributed by atoms with Gasteiger partial charge < -0.3 is 10.4 Å². The maximum atomic E-state index is 10.4. The van der Waals surface area contributed by atoms with Crippen LogP contribution < -0.4 is 5.32 Å². The smallest absolute Gasteiger partial charge is 0.0940 e. The van der Waals surface area contributed by atoms with Crippen LogP contribution in [0.25, 0.3) is 0 Å². The van der Waals surface area contributed by atoms with E-state index in [1.807, 2.05) is 19.1 Å². The maximum Gasteiger partial charge on any atom is 0.0940 e. The number of rotatable bonds is 6. The summed E-state index contributed by atoms with van der Waals surface area (Å²) in [4.78, 5) is 0. The number of aliphatic hydroxyl groups is 1. The monoisotopic (exact) mass is 283 g/mol. The highest BCUT2D eigenvalue weighted by Gasteiger charge is 2.15. The third-order valence-corrected chi connectivity index (χ3v) is 3.95. The lowest BCUT2D eigenvalue weighted by molar-refractivity contribution is 0.135. The summed E-state index contributed by atoms with van der Waals surface area (Å²) in [6, 6.07) is 16.7. The van der Waals surface area contributed by atoms with Crippen molar-refractivity contribution in [1.29, 1.82) is 0 Å². The van der Waals surface area contributed by atoms with Crippen molar-refractivity contribution < 1.29 is 5.11 Å². The zero-order chi connectivity index (χ0) is 15.2. The second kappa shape index (κ2) is 7.39. The Morgan fingerprint density at radius 1 is 0.952 bits per heavy atom. The Morgan fingerprint density at radius 2 is 1.52 bits per heavy atom. The fourth-order valence-electron chi connectivity index (χ4n) is 2.34. The van der Waals surface area contributed by atoms with Gasteiger partial charge in [-0.2, -0.15) is 0 Å². The van der Waals surface area contributed by atoms with Crippen LogP contribution in [0.15, 0.2) is 48.5 Å². The van der Waals surface area contributed by atoms with Gasteiger partial charge in [-0.3, -0.25) is 0 Å². The standard InChI is InChI=1S/C19H25NO/c1-4-16-9-11-18(12-10-16)19(21)15(3)20-13-17-7-5-14(2)6-8-17/h5-12,15,19-21H,4,13H2,1-3H3. The number of aliphatic hydroxyl groups excluding tert-OH is 1. The lowest BCUT2D eigenvalue weighted by Gasteiger charge is -2.21. The molecule has 0 aromatic heterocycles. The molecular weight excluding hydrogens is 258 g/mol. The molecule has 0 bridgehead atoms. The van der Waals surface area contributed by atoms with Crippen molar-refractivity contribution in [2.45, 2.75) is 45.9 Å². The summed E-state index contributed by atoms with van der Waals surface area (Å²) in [7, 11) is 0. The number of hydrogen-bond donors (Lipinski definition) is 2. The maximum absolute atomic E-state index is 10.4. The molecule has 2 aromatic rings. The molecule has 2 nitrogen and oxygen atoms in total. The van der Waals surface area contributed by atoms with E-state index in [1.165, 1.54) is 16.7 Å². The van der Waals surface area contributed by atoms with Gasteiger partial charge in [0.25, 0.3) is 0 Å². The fourth-order valence-corrected chi connectivity index (χ4v) is 2.34. The SMILES string of the molecule is CCc1ccc(C(O)C(C)NCc2ccc(C)cc2)cc1. The Kier molecular flexibility index (Phi) is 5.54. The topological polar surface area (TPSA) is 32.3 Å². The molecule has 0 saturated heterocycles. The van der Waals surface area contributed by atoms with Crippen LogP contribution >= 0.6 is 0 Å². The summed E-state index contributed by atoms with van der Waals surface area (Å²) in [6.45, 7) is 7.01. The minimum absolute atomic E-state index is 0.0128. The van der Waals surface area contributed by atoms with Crippen molar-refractivity contribution in [2.24, 2.45) is 0 Å². The normalized spacial score (nSPS) is 13.9. The molecule has 0 saturated carbocycles. The molecule has 0 radical (unpaired) electrons. The van der Waals surface area contributed by atoms with Crippen LogP contribution in [0.5, 0.6) is 0 Å². The second-order valence-corrected chi connectivity index (χ2v) is 5.70. The predicted molar refractivity (Wildman–Crippen MR) is 88.3 cm³/mol. The van der Waals surface area contributed by atoms with E-state index in [0.29, 0.717) is 0 Å². The minimum Gasteiger partial charge on any atom is -0.387 e. The molecular formula is C19H25NO. The summed E-state index contributed by atoms with van der Waals surface area (Å²) in [5, 5.41) is 13.8. The largest absolute Gasteiger partial charge is 0.387 e. The van der Waals surface area contributed by atoms with Gasteiger partial charge in [0.2, 0.25) is 0 Å². The Morgan fingerprint density at radius 3 is 2.10 bits per heavy atom. The molecule has 112 valence electrons. The van der Waals surface area contributed by atoms with E-state index >= 15 is 0 Å². The first-order valence-electron chi connectivity index (χ1n) is 7.66. The van der Waals surface area contributed by atoms with E-state index < -0.39 is 6.10 Å². The molecule has 2 aromatic carbocycles. The van der Waals surface area contributed by atoms with Crippen LogP contribution in [0.3, 0.4) is 0 Å². The summed E-state index contributed by atoms with van der Waals surface area (Å²) >= 11 is 0. The summed E-state index contributed by atoms with van der Waals surface area (Å²) in [6.07, 6.45) is 0.541. The van der Waals surface area contributed by atoms with Crippen LogP contribution in [0, 0.1) is 6.92 Å². The number of aryl methyl sites for hydroxylation is 2. The third kappa shape index (κ3) is 4.42. The molecule has 2 atom stereocenters. The molecule has 0 heterocycles. The average molecular weight is 283 g/mol. The highest BCUT2D eigenvalue weighted by Crippen LogP contribution is 2.18. The van der Waals surface area contributed by atoms with Gasteiger partial charge in [0.05, 0.1) is 6.10 Å². The molecule has 0 aliphatic carbocycles. The lowest BCUT2D eigenvalue weighted by Crippen LogP contribution is -2.31. The van der Waals surface area contributed by atoms with E-state index in [2.05, 4.69) is 55.6 Å². The fraction of sp³-hybridized carbons (Fsp3) is 0.368. The van der Waals surface area contributed by atoms with Gasteiger partial charge in [-0.25, -0.2) is 0 Å². The number of hydrogen-bond acceptors (Lipinski definition) is 2. The average Bonchev–Trinajstić information content (AvgIpc) is 2.53. The van der Waals surface area contributed by atoms with Gasteiger partial charge in [-0.05, 0) is 37.0 Å². The highest BCUT2D eigenvalue weighted by molar-refractivity contribution is 5.25. The molecule has 0 aliphatic rings. The second-order valence-electron chi connectivity index (χ2n) is 5.70. The van der Waals surface area contributed by atoms with Crippen LogP contribution in [-0.4, -0.2) is 11.1 Å². The van der Waals surface area contributed by atoms with Crippen molar-refractivity contribution in [1.82, 2.24) is 5.32 Å². The van der Waals surface area contributed by atoms with Gasteiger partial charge in [0.15, 0.2) is 0 Å². The van der Waals surface area contributed by atoms with Gasteiger partial charge in [0, 0.05) is 12.6 Å². The predicted octanol–water partition coefficient (Wildman–Crippen LogP) is 3.77. The summed E-state index contributed by atoms with van der Waals surface area (Å²) in [5.74, 6) is 0. The quantitative estimate of drug-likeness (QED) is 0.846. The molecule has 2 N–H and O–H groups in total. The molecule has 2 unspecified atom stereocenters. The zero-order valence-electron chi connectivity index (χ0n) is 13.1. The summed E-state index contributed by atoms with van der Waals surface area (Å²) < 4.78 is 0. The Labute approximate surface area is 127 Å². The van der Waals surface area contributed by atoms with Crippen LogP contribution in [0.4, 0.5) is 0 Å². The Balaban J connectivity index is 1.92. The molecule has 0 amide bonds. The van der Waals surface area contributed by atoms with Crippen molar-refractivity contribution in [3.8, 4) is 0 Å². The Bertz CT molecular complexity index is 545. The van der Waals surface area contributed by atoms with Gasteiger partial charge in [0.1, 0.15) is 0 Å². The van der Waals surface area contributed by atoms with Crippen molar-refractivity contribution in [3.63, 3.8) is 0 Å². The van der Waals surface area contributed by atoms with Gasteiger partial charge in [-0.15, -0.1) is 0 Å². The van der Waals surface area contributed by atoms with Crippen molar-refractivity contribution in [3.05, 3.63) is 70.8 Å². The highest BCUT2D eigenvalue weighted by atomic mass is 16.3. The van der Waals surface area contributed by atoms with Crippen LogP contribution in [0.1, 0.15) is 42.2 Å². The zero-order valence-corrected chi connectivity index (χ0v) is 13.1. The van der Waals surface area contributed by atoms with E-state index in [0.717, 1.165) is 18.5 Å². The molecule has 2 heteroatoms. The first-order chi connectivity index (χ1) is 10.1. The van der Waals surface area contributed by atoms with Gasteiger partial charge in [-0.1, -0.05) is 61.0 Å². The first kappa shape index (κ1) is 15.7. The van der Waals surface area contributed by atoms with Gasteiger partial charge >= 0.3 is 0 Å². The third-order valence-electron chi connectivity index (χ3n) is 3.95. The Hall–Kier alpha value is -1.64. The van der Waals surface area contributed by atoms with Crippen LogP contribution in [-0.2, 0) is 13.0 Å². The van der Waals surface area contributed by atoms with E-state index in [-0.39, 0.29) is 6.04 Å². The molecule has 2 rings (SSSR count). The van der Waals surface area contributed by atoms with E-state index in [1.54, 1.807) is 0 Å². The van der Waals surface area contributed by atoms with E-state index in [9.17, 15) is 5.11 Å². The molecule has 0 aliphatic heterocycles. The minimum atomic E-state index is -0.485. The number of nitrogens with one attached hydrogen (secondary N) is 1. The van der Waals surface area contributed by atoms with Crippen molar-refractivity contribution in [2.75, 3.05) is 0 Å². The number of benzene rings is 2. The molecule has 0 spiro atoms.